The molecule has 0 aliphatic carbocycles. The van der Waals surface area contributed by atoms with E-state index in [1.54, 1.807) is 30.5 Å². The molecule has 1 aromatic heterocycles. The Kier molecular flexibility index (Phi) is 6.67. The summed E-state index contributed by atoms with van der Waals surface area (Å²) < 4.78 is 10.4. The Bertz CT molecular complexity index is 980. The fraction of sp³-hybridized carbons (Fsp3) is 0.292. The van der Waals surface area contributed by atoms with Crippen LogP contribution in [0.1, 0.15) is 61.0 Å². The van der Waals surface area contributed by atoms with Crippen LogP contribution in [0.5, 0.6) is 0 Å². The zero-order valence-electron chi connectivity index (χ0n) is 17.6. The number of nitrogens with one attached hydrogen (secondary N) is 1. The topological polar surface area (TPSA) is 81.4 Å². The molecule has 0 fully saturated rings. The fourth-order valence-electron chi connectivity index (χ4n) is 3.21. The molecule has 1 amide bonds. The van der Waals surface area contributed by atoms with Gasteiger partial charge in [0.1, 0.15) is 0 Å². The number of esters is 1. The zero-order valence-corrected chi connectivity index (χ0v) is 17.6. The molecule has 0 atom stereocenters. The van der Waals surface area contributed by atoms with E-state index in [2.05, 4.69) is 38.0 Å². The van der Waals surface area contributed by atoms with Gasteiger partial charge in [-0.3, -0.25) is 4.79 Å². The van der Waals surface area contributed by atoms with E-state index >= 15 is 0 Å². The van der Waals surface area contributed by atoms with Gasteiger partial charge in [0.05, 0.1) is 11.8 Å². The first-order chi connectivity index (χ1) is 14.4. The zero-order chi connectivity index (χ0) is 21.7. The number of rotatable bonds is 7. The van der Waals surface area contributed by atoms with Crippen LogP contribution in [0.15, 0.2) is 59.5 Å². The van der Waals surface area contributed by atoms with Gasteiger partial charge in [-0.2, -0.15) is 0 Å². The lowest BCUT2D eigenvalue weighted by molar-refractivity contribution is -0.119. The molecular formula is C24H26N2O4. The number of anilines is 1. The molecule has 30 heavy (non-hydrogen) atoms. The summed E-state index contributed by atoms with van der Waals surface area (Å²) >= 11 is 0. The van der Waals surface area contributed by atoms with Gasteiger partial charge in [0, 0.05) is 11.3 Å². The standard InChI is InChI=1S/C24H26N2O4/c1-15(2)19-6-5-7-20(16(3)4)23(19)26-22(27)13-29-24(28)18-10-8-17(9-11-18)21-12-25-14-30-21/h5-12,14-16H,13H2,1-4H3,(H,26,27). The highest BCUT2D eigenvalue weighted by Crippen LogP contribution is 2.32. The van der Waals surface area contributed by atoms with Gasteiger partial charge in [-0.05, 0) is 35.1 Å². The molecule has 0 radical (unpaired) electrons. The maximum atomic E-state index is 12.5. The lowest BCUT2D eigenvalue weighted by Gasteiger charge is -2.20. The van der Waals surface area contributed by atoms with Crippen molar-refractivity contribution in [2.24, 2.45) is 0 Å². The molecule has 6 heteroatoms. The van der Waals surface area contributed by atoms with E-state index < -0.39 is 5.97 Å². The van der Waals surface area contributed by atoms with E-state index in [-0.39, 0.29) is 24.3 Å². The van der Waals surface area contributed by atoms with Gasteiger partial charge in [-0.1, -0.05) is 58.0 Å². The van der Waals surface area contributed by atoms with Gasteiger partial charge >= 0.3 is 5.97 Å². The molecule has 0 unspecified atom stereocenters. The summed E-state index contributed by atoms with van der Waals surface area (Å²) in [6.45, 7) is 7.97. The second-order valence-electron chi connectivity index (χ2n) is 7.69. The summed E-state index contributed by atoms with van der Waals surface area (Å²) in [6.07, 6.45) is 2.94. The Morgan fingerprint density at radius 3 is 2.17 bits per heavy atom. The van der Waals surface area contributed by atoms with Gasteiger partial charge in [0.25, 0.3) is 5.91 Å². The molecule has 0 saturated heterocycles. The minimum atomic E-state index is -0.560. The maximum Gasteiger partial charge on any atom is 0.338 e. The highest BCUT2D eigenvalue weighted by molar-refractivity contribution is 5.96. The normalized spacial score (nSPS) is 11.0. The molecule has 0 aliphatic rings. The quantitative estimate of drug-likeness (QED) is 0.533. The smallest absolute Gasteiger partial charge is 0.338 e. The number of nitrogens with zero attached hydrogens (tertiary/aromatic N) is 1. The number of benzene rings is 2. The predicted octanol–water partition coefficient (Wildman–Crippen LogP) is 5.38. The van der Waals surface area contributed by atoms with Crippen molar-refractivity contribution in [3.8, 4) is 11.3 Å². The molecule has 3 aromatic rings. The number of oxazole rings is 1. The summed E-state index contributed by atoms with van der Waals surface area (Å²) in [7, 11) is 0. The van der Waals surface area contributed by atoms with Gasteiger partial charge in [-0.15, -0.1) is 0 Å². The van der Waals surface area contributed by atoms with Crippen LogP contribution in [-0.4, -0.2) is 23.5 Å². The van der Waals surface area contributed by atoms with E-state index in [1.165, 1.54) is 6.39 Å². The minimum Gasteiger partial charge on any atom is -0.452 e. The van der Waals surface area contributed by atoms with Crippen molar-refractivity contribution in [2.75, 3.05) is 11.9 Å². The van der Waals surface area contributed by atoms with Gasteiger partial charge < -0.3 is 14.5 Å². The average Bonchev–Trinajstić information content (AvgIpc) is 3.27. The Morgan fingerprint density at radius 2 is 1.63 bits per heavy atom. The number of para-hydroxylation sites is 1. The van der Waals surface area contributed by atoms with Crippen LogP contribution in [0, 0.1) is 0 Å². The van der Waals surface area contributed by atoms with Crippen LogP contribution in [0.4, 0.5) is 5.69 Å². The summed E-state index contributed by atoms with van der Waals surface area (Å²) in [6, 6.07) is 12.8. The highest BCUT2D eigenvalue weighted by Gasteiger charge is 2.17. The molecule has 0 saturated carbocycles. The molecule has 6 nitrogen and oxygen atoms in total. The third-order valence-corrected chi connectivity index (χ3v) is 4.81. The second kappa shape index (κ2) is 9.39. The van der Waals surface area contributed by atoms with Crippen molar-refractivity contribution in [3.05, 3.63) is 71.7 Å². The van der Waals surface area contributed by atoms with Crippen molar-refractivity contribution in [3.63, 3.8) is 0 Å². The fourth-order valence-corrected chi connectivity index (χ4v) is 3.21. The van der Waals surface area contributed by atoms with Crippen molar-refractivity contribution >= 4 is 17.6 Å². The van der Waals surface area contributed by atoms with Gasteiger partial charge in [-0.25, -0.2) is 9.78 Å². The molecule has 3 rings (SSSR count). The van der Waals surface area contributed by atoms with Crippen LogP contribution in [0.25, 0.3) is 11.3 Å². The maximum absolute atomic E-state index is 12.5. The molecule has 0 spiro atoms. The van der Waals surface area contributed by atoms with Crippen molar-refractivity contribution in [2.45, 2.75) is 39.5 Å². The molecular weight excluding hydrogens is 380 g/mol. The lowest BCUT2D eigenvalue weighted by atomic mass is 9.92. The number of amides is 1. The first kappa shape index (κ1) is 21.3. The Balaban J connectivity index is 1.64. The first-order valence-electron chi connectivity index (χ1n) is 9.95. The van der Waals surface area contributed by atoms with Crippen LogP contribution in [0.2, 0.25) is 0 Å². The van der Waals surface area contributed by atoms with E-state index in [1.807, 2.05) is 18.2 Å². The predicted molar refractivity (Wildman–Crippen MR) is 115 cm³/mol. The average molecular weight is 406 g/mol. The summed E-state index contributed by atoms with van der Waals surface area (Å²) in [5, 5.41) is 2.94. The molecule has 156 valence electrons. The van der Waals surface area contributed by atoms with Crippen molar-refractivity contribution in [1.82, 2.24) is 4.98 Å². The van der Waals surface area contributed by atoms with E-state index in [0.717, 1.165) is 22.4 Å². The Labute approximate surface area is 176 Å². The van der Waals surface area contributed by atoms with Gasteiger partial charge in [0.2, 0.25) is 0 Å². The number of aromatic nitrogens is 1. The minimum absolute atomic E-state index is 0.254. The number of carbonyl (C=O) groups is 2. The van der Waals surface area contributed by atoms with Crippen molar-refractivity contribution < 1.29 is 18.7 Å². The summed E-state index contributed by atoms with van der Waals surface area (Å²) in [4.78, 5) is 28.7. The van der Waals surface area contributed by atoms with Crippen LogP contribution in [0.3, 0.4) is 0 Å². The van der Waals surface area contributed by atoms with E-state index in [4.69, 9.17) is 9.15 Å². The number of ether oxygens (including phenoxy) is 1. The van der Waals surface area contributed by atoms with Crippen molar-refractivity contribution in [1.29, 1.82) is 0 Å². The Morgan fingerprint density at radius 1 is 1.00 bits per heavy atom. The molecule has 1 heterocycles. The largest absolute Gasteiger partial charge is 0.452 e. The Hall–Kier alpha value is -3.41. The summed E-state index contributed by atoms with van der Waals surface area (Å²) in [5.74, 6) is 0.194. The van der Waals surface area contributed by atoms with E-state index in [0.29, 0.717) is 11.3 Å². The number of hydrogen-bond acceptors (Lipinski definition) is 5. The molecule has 0 aliphatic heterocycles. The van der Waals surface area contributed by atoms with Gasteiger partial charge in [0.15, 0.2) is 18.8 Å². The van der Waals surface area contributed by atoms with Crippen LogP contribution in [-0.2, 0) is 9.53 Å². The SMILES string of the molecule is CC(C)c1cccc(C(C)C)c1NC(=O)COC(=O)c1ccc(-c2cnco2)cc1. The number of carbonyl (C=O) groups excluding carboxylic acids is 2. The lowest BCUT2D eigenvalue weighted by Crippen LogP contribution is -2.22. The molecule has 0 bridgehead atoms. The second-order valence-corrected chi connectivity index (χ2v) is 7.69. The molecule has 2 aromatic carbocycles. The van der Waals surface area contributed by atoms with Crippen LogP contribution < -0.4 is 5.32 Å². The number of hydrogen-bond donors (Lipinski definition) is 1. The van der Waals surface area contributed by atoms with Crippen LogP contribution >= 0.6 is 0 Å². The third-order valence-electron chi connectivity index (χ3n) is 4.81. The molecule has 1 N–H and O–H groups in total. The summed E-state index contributed by atoms with van der Waals surface area (Å²) in [5.41, 5.74) is 4.08. The third kappa shape index (κ3) is 4.95. The monoisotopic (exact) mass is 406 g/mol. The highest BCUT2D eigenvalue weighted by atomic mass is 16.5. The van der Waals surface area contributed by atoms with E-state index in [9.17, 15) is 9.59 Å². The first-order valence-corrected chi connectivity index (χ1v) is 9.95.